The highest BCUT2D eigenvalue weighted by Crippen LogP contribution is 2.27. The fraction of sp³-hybridized carbons (Fsp3) is 0.316. The molecule has 0 atom stereocenters. The topological polar surface area (TPSA) is 59.6 Å². The molecule has 1 heterocycles. The van der Waals surface area contributed by atoms with E-state index in [4.69, 9.17) is 9.47 Å². The standard InChI is InChI=1S/C19H22N2O3.2ClH/c1-23-15-8-6-14(7-9-15)19(22)21-17-4-2-3-5-18(17)24-16-10-12-20-13-11-16;;/h2-9,16,20H,10-13H2,1H3,(H,21,22);2*1H. The lowest BCUT2D eigenvalue weighted by Gasteiger charge is -2.25. The summed E-state index contributed by atoms with van der Waals surface area (Å²) >= 11 is 0. The van der Waals surface area contributed by atoms with Crippen molar-refractivity contribution in [1.29, 1.82) is 0 Å². The lowest BCUT2D eigenvalue weighted by atomic mass is 10.1. The second-order valence-corrected chi connectivity index (χ2v) is 5.75. The van der Waals surface area contributed by atoms with Crippen molar-refractivity contribution in [3.63, 3.8) is 0 Å². The highest BCUT2D eigenvalue weighted by molar-refractivity contribution is 6.05. The first-order valence-electron chi connectivity index (χ1n) is 8.18. The summed E-state index contributed by atoms with van der Waals surface area (Å²) in [5.41, 5.74) is 1.27. The molecular weight excluding hydrogens is 375 g/mol. The summed E-state index contributed by atoms with van der Waals surface area (Å²) in [5.74, 6) is 1.27. The average Bonchev–Trinajstić information content (AvgIpc) is 2.64. The molecular formula is C19H24Cl2N2O3. The number of nitrogens with one attached hydrogen (secondary N) is 2. The number of hydrogen-bond donors (Lipinski definition) is 2. The van der Waals surface area contributed by atoms with Crippen molar-refractivity contribution in [2.24, 2.45) is 0 Å². The van der Waals surface area contributed by atoms with Crippen LogP contribution < -0.4 is 20.1 Å². The van der Waals surface area contributed by atoms with E-state index in [9.17, 15) is 4.79 Å². The molecule has 0 aromatic heterocycles. The second kappa shape index (κ2) is 10.9. The minimum atomic E-state index is -0.168. The van der Waals surface area contributed by atoms with E-state index in [2.05, 4.69) is 10.6 Å². The Bertz CT molecular complexity index is 689. The summed E-state index contributed by atoms with van der Waals surface area (Å²) in [4.78, 5) is 12.4. The van der Waals surface area contributed by atoms with Gasteiger partial charge in [-0.25, -0.2) is 0 Å². The summed E-state index contributed by atoms with van der Waals surface area (Å²) in [7, 11) is 1.60. The molecule has 1 saturated heterocycles. The third kappa shape index (κ3) is 5.80. The number of ether oxygens (including phenoxy) is 2. The van der Waals surface area contributed by atoms with E-state index >= 15 is 0 Å². The summed E-state index contributed by atoms with van der Waals surface area (Å²) in [6.07, 6.45) is 2.13. The van der Waals surface area contributed by atoms with Crippen LogP contribution >= 0.6 is 24.8 Å². The number of halogens is 2. The number of piperidine rings is 1. The number of carbonyl (C=O) groups excluding carboxylic acids is 1. The first kappa shape index (κ1) is 22.1. The van der Waals surface area contributed by atoms with Crippen LogP contribution in [0.15, 0.2) is 48.5 Å². The molecule has 0 radical (unpaired) electrons. The highest BCUT2D eigenvalue weighted by Gasteiger charge is 2.17. The molecule has 0 saturated carbocycles. The summed E-state index contributed by atoms with van der Waals surface area (Å²) < 4.78 is 11.2. The van der Waals surface area contributed by atoms with Gasteiger partial charge in [0.1, 0.15) is 17.6 Å². The zero-order valence-corrected chi connectivity index (χ0v) is 16.2. The normalized spacial score (nSPS) is 13.7. The van der Waals surface area contributed by atoms with Crippen molar-refractivity contribution in [2.45, 2.75) is 18.9 Å². The molecule has 0 unspecified atom stereocenters. The number of para-hydroxylation sites is 2. The van der Waals surface area contributed by atoms with Gasteiger partial charge in [0.2, 0.25) is 0 Å². The van der Waals surface area contributed by atoms with Crippen molar-refractivity contribution in [3.8, 4) is 11.5 Å². The van der Waals surface area contributed by atoms with Gasteiger partial charge < -0.3 is 20.1 Å². The van der Waals surface area contributed by atoms with Crippen LogP contribution in [0, 0.1) is 0 Å². The van der Waals surface area contributed by atoms with Crippen LogP contribution in [0.4, 0.5) is 5.69 Å². The molecule has 0 spiro atoms. The van der Waals surface area contributed by atoms with Crippen LogP contribution in [0.2, 0.25) is 0 Å². The Morgan fingerprint density at radius 2 is 1.69 bits per heavy atom. The molecule has 2 aromatic rings. The molecule has 1 amide bonds. The van der Waals surface area contributed by atoms with Gasteiger partial charge in [-0.3, -0.25) is 4.79 Å². The number of methoxy groups -OCH3 is 1. The van der Waals surface area contributed by atoms with E-state index < -0.39 is 0 Å². The summed E-state index contributed by atoms with van der Waals surface area (Å²) in [6, 6.07) is 14.6. The largest absolute Gasteiger partial charge is 0.497 e. The molecule has 2 N–H and O–H groups in total. The number of anilines is 1. The third-order valence-electron chi connectivity index (χ3n) is 4.07. The number of amides is 1. The van der Waals surface area contributed by atoms with E-state index in [1.807, 2.05) is 24.3 Å². The van der Waals surface area contributed by atoms with Gasteiger partial charge in [0.25, 0.3) is 5.91 Å². The van der Waals surface area contributed by atoms with Crippen molar-refractivity contribution < 1.29 is 14.3 Å². The summed E-state index contributed by atoms with van der Waals surface area (Å²) in [6.45, 7) is 1.93. The van der Waals surface area contributed by atoms with Crippen LogP contribution in [-0.2, 0) is 0 Å². The third-order valence-corrected chi connectivity index (χ3v) is 4.07. The zero-order valence-electron chi connectivity index (χ0n) is 14.6. The van der Waals surface area contributed by atoms with Gasteiger partial charge in [-0.2, -0.15) is 0 Å². The molecule has 7 heteroatoms. The SMILES string of the molecule is COc1ccc(C(=O)Nc2ccccc2OC2CCNCC2)cc1.Cl.Cl. The lowest BCUT2D eigenvalue weighted by molar-refractivity contribution is 0.102. The fourth-order valence-corrected chi connectivity index (χ4v) is 2.70. The van der Waals surface area contributed by atoms with Crippen molar-refractivity contribution in [2.75, 3.05) is 25.5 Å². The minimum Gasteiger partial charge on any atom is -0.497 e. The van der Waals surface area contributed by atoms with Crippen LogP contribution in [0.5, 0.6) is 11.5 Å². The molecule has 1 aliphatic heterocycles. The van der Waals surface area contributed by atoms with Gasteiger partial charge >= 0.3 is 0 Å². The Balaban J connectivity index is 0.00000169. The summed E-state index contributed by atoms with van der Waals surface area (Å²) in [5, 5.41) is 6.25. The molecule has 5 nitrogen and oxygen atoms in total. The second-order valence-electron chi connectivity index (χ2n) is 5.75. The lowest BCUT2D eigenvalue weighted by Crippen LogP contribution is -2.34. The van der Waals surface area contributed by atoms with E-state index in [-0.39, 0.29) is 36.8 Å². The van der Waals surface area contributed by atoms with Gasteiger partial charge in [-0.15, -0.1) is 24.8 Å². The Labute approximate surface area is 166 Å². The van der Waals surface area contributed by atoms with Crippen molar-refractivity contribution in [1.82, 2.24) is 5.32 Å². The van der Waals surface area contributed by atoms with E-state index in [1.165, 1.54) is 0 Å². The molecule has 1 aliphatic rings. The first-order valence-corrected chi connectivity index (χ1v) is 8.18. The minimum absolute atomic E-state index is 0. The fourth-order valence-electron chi connectivity index (χ4n) is 2.70. The van der Waals surface area contributed by atoms with Crippen LogP contribution in [0.1, 0.15) is 23.2 Å². The maximum Gasteiger partial charge on any atom is 0.255 e. The first-order chi connectivity index (χ1) is 11.8. The maximum atomic E-state index is 12.4. The maximum absolute atomic E-state index is 12.4. The van der Waals surface area contributed by atoms with Gasteiger partial charge in [-0.1, -0.05) is 12.1 Å². The Kier molecular flexibility index (Phi) is 9.27. The number of benzene rings is 2. The Morgan fingerprint density at radius 1 is 1.04 bits per heavy atom. The molecule has 0 bridgehead atoms. The van der Waals surface area contributed by atoms with Gasteiger partial charge in [0.05, 0.1) is 12.8 Å². The van der Waals surface area contributed by atoms with Crippen LogP contribution in [0.25, 0.3) is 0 Å². The van der Waals surface area contributed by atoms with Crippen molar-refractivity contribution >= 4 is 36.4 Å². The monoisotopic (exact) mass is 398 g/mol. The average molecular weight is 399 g/mol. The zero-order chi connectivity index (χ0) is 16.8. The molecule has 0 aliphatic carbocycles. The number of hydrogen-bond acceptors (Lipinski definition) is 4. The number of rotatable bonds is 5. The molecule has 142 valence electrons. The van der Waals surface area contributed by atoms with Crippen LogP contribution in [0.3, 0.4) is 0 Å². The molecule has 3 rings (SSSR count). The van der Waals surface area contributed by atoms with E-state index in [0.717, 1.165) is 31.7 Å². The van der Waals surface area contributed by atoms with Crippen molar-refractivity contribution in [3.05, 3.63) is 54.1 Å². The predicted octanol–water partition coefficient (Wildman–Crippen LogP) is 3.92. The Hall–Kier alpha value is -1.95. The smallest absolute Gasteiger partial charge is 0.255 e. The van der Waals surface area contributed by atoms with Gasteiger partial charge in [0, 0.05) is 5.56 Å². The van der Waals surface area contributed by atoms with Crippen LogP contribution in [-0.4, -0.2) is 32.2 Å². The highest BCUT2D eigenvalue weighted by atomic mass is 35.5. The Morgan fingerprint density at radius 3 is 2.35 bits per heavy atom. The molecule has 2 aromatic carbocycles. The quantitative estimate of drug-likeness (QED) is 0.800. The number of carbonyl (C=O) groups is 1. The van der Waals surface area contributed by atoms with E-state index in [1.54, 1.807) is 31.4 Å². The van der Waals surface area contributed by atoms with Gasteiger partial charge in [-0.05, 0) is 62.3 Å². The predicted molar refractivity (Wildman–Crippen MR) is 108 cm³/mol. The molecule has 26 heavy (non-hydrogen) atoms. The van der Waals surface area contributed by atoms with Gasteiger partial charge in [0.15, 0.2) is 0 Å². The molecule has 1 fully saturated rings. The van der Waals surface area contributed by atoms with E-state index in [0.29, 0.717) is 17.0 Å².